The van der Waals surface area contributed by atoms with Crippen LogP contribution in [0.3, 0.4) is 0 Å². The lowest BCUT2D eigenvalue weighted by Gasteiger charge is -2.07. The van der Waals surface area contributed by atoms with Gasteiger partial charge in [-0.3, -0.25) is 4.79 Å². The van der Waals surface area contributed by atoms with Crippen LogP contribution in [0.4, 0.5) is 0 Å². The monoisotopic (exact) mass is 223 g/mol. The molecule has 2 aromatic carbocycles. The van der Waals surface area contributed by atoms with Gasteiger partial charge in [0.2, 0.25) is 0 Å². The predicted molar refractivity (Wildman–Crippen MR) is 67.8 cm³/mol. The van der Waals surface area contributed by atoms with Crippen molar-refractivity contribution in [2.24, 2.45) is 0 Å². The zero-order chi connectivity index (χ0) is 11.8. The maximum atomic E-state index is 11.6. The molecule has 2 nitrogen and oxygen atoms in total. The summed E-state index contributed by atoms with van der Waals surface area (Å²) in [5.74, 6) is 0.0361. The lowest BCUT2D eigenvalue weighted by molar-refractivity contribution is 0.0966. The smallest absolute Gasteiger partial charge is 0.251 e. The molecule has 1 aliphatic heterocycles. The third-order valence-electron chi connectivity index (χ3n) is 3.21. The van der Waals surface area contributed by atoms with Crippen molar-refractivity contribution in [1.82, 2.24) is 5.32 Å². The van der Waals surface area contributed by atoms with Crippen LogP contribution in [0.1, 0.15) is 21.5 Å². The summed E-state index contributed by atoms with van der Waals surface area (Å²) in [4.78, 5) is 11.6. The van der Waals surface area contributed by atoms with Crippen LogP contribution in [0, 0.1) is 6.92 Å². The quantitative estimate of drug-likeness (QED) is 0.791. The Kier molecular flexibility index (Phi) is 2.22. The van der Waals surface area contributed by atoms with Gasteiger partial charge in [0.15, 0.2) is 0 Å². The minimum atomic E-state index is 0.0361. The molecule has 1 heterocycles. The van der Waals surface area contributed by atoms with Crippen molar-refractivity contribution in [1.29, 1.82) is 0 Å². The van der Waals surface area contributed by atoms with Crippen LogP contribution in [-0.4, -0.2) is 5.91 Å². The van der Waals surface area contributed by atoms with E-state index in [0.29, 0.717) is 6.54 Å². The summed E-state index contributed by atoms with van der Waals surface area (Å²) >= 11 is 0. The molecule has 0 radical (unpaired) electrons. The molecule has 0 atom stereocenters. The second-order valence-electron chi connectivity index (χ2n) is 4.38. The van der Waals surface area contributed by atoms with Gasteiger partial charge in [-0.1, -0.05) is 42.0 Å². The maximum Gasteiger partial charge on any atom is 0.251 e. The number of nitrogens with one attached hydrogen (secondary N) is 1. The summed E-state index contributed by atoms with van der Waals surface area (Å²) in [7, 11) is 0. The number of amides is 1. The second kappa shape index (κ2) is 3.74. The number of aryl methyl sites for hydroxylation is 1. The van der Waals surface area contributed by atoms with Gasteiger partial charge in [0.25, 0.3) is 5.91 Å². The van der Waals surface area contributed by atoms with E-state index in [4.69, 9.17) is 0 Å². The van der Waals surface area contributed by atoms with Gasteiger partial charge < -0.3 is 5.32 Å². The fraction of sp³-hybridized carbons (Fsp3) is 0.133. The molecular weight excluding hydrogens is 210 g/mol. The van der Waals surface area contributed by atoms with Gasteiger partial charge in [-0.15, -0.1) is 0 Å². The predicted octanol–water partition coefficient (Wildman–Crippen LogP) is 2.91. The van der Waals surface area contributed by atoms with Crippen molar-refractivity contribution < 1.29 is 4.79 Å². The van der Waals surface area contributed by atoms with Crippen LogP contribution in [0.25, 0.3) is 11.1 Å². The number of fused-ring (bicyclic) bond motifs is 1. The van der Waals surface area contributed by atoms with Gasteiger partial charge in [0, 0.05) is 12.1 Å². The highest BCUT2D eigenvalue weighted by Crippen LogP contribution is 2.29. The van der Waals surface area contributed by atoms with E-state index in [1.165, 1.54) is 11.1 Å². The molecule has 1 amide bonds. The van der Waals surface area contributed by atoms with E-state index < -0.39 is 0 Å². The minimum absolute atomic E-state index is 0.0361. The van der Waals surface area contributed by atoms with Crippen LogP contribution in [0.5, 0.6) is 0 Å². The van der Waals surface area contributed by atoms with Crippen LogP contribution >= 0.6 is 0 Å². The fourth-order valence-electron chi connectivity index (χ4n) is 2.26. The van der Waals surface area contributed by atoms with Crippen LogP contribution in [0.2, 0.25) is 0 Å². The maximum absolute atomic E-state index is 11.6. The van der Waals surface area contributed by atoms with Crippen molar-refractivity contribution in [3.63, 3.8) is 0 Å². The Hall–Kier alpha value is -2.09. The molecule has 2 heteroatoms. The summed E-state index contributed by atoms with van der Waals surface area (Å²) in [5.41, 5.74) is 5.49. The molecule has 3 rings (SSSR count). The molecule has 17 heavy (non-hydrogen) atoms. The van der Waals surface area contributed by atoms with Crippen molar-refractivity contribution in [3.8, 4) is 11.1 Å². The first-order valence-corrected chi connectivity index (χ1v) is 5.73. The number of benzene rings is 2. The largest absolute Gasteiger partial charge is 0.348 e. The van der Waals surface area contributed by atoms with Crippen molar-refractivity contribution in [2.45, 2.75) is 13.5 Å². The van der Waals surface area contributed by atoms with Gasteiger partial charge in [-0.05, 0) is 29.7 Å². The van der Waals surface area contributed by atoms with Gasteiger partial charge in [-0.2, -0.15) is 0 Å². The van der Waals surface area contributed by atoms with Crippen molar-refractivity contribution >= 4 is 5.91 Å². The Morgan fingerprint density at radius 1 is 1.00 bits per heavy atom. The Labute approximate surface area is 100 Å². The number of hydrogen-bond acceptors (Lipinski definition) is 1. The Morgan fingerprint density at radius 2 is 1.71 bits per heavy atom. The summed E-state index contributed by atoms with van der Waals surface area (Å²) in [6.45, 7) is 2.71. The zero-order valence-corrected chi connectivity index (χ0v) is 9.66. The number of hydrogen-bond donors (Lipinski definition) is 1. The first-order valence-electron chi connectivity index (χ1n) is 5.73. The summed E-state index contributed by atoms with van der Waals surface area (Å²) < 4.78 is 0. The summed E-state index contributed by atoms with van der Waals surface area (Å²) in [5, 5.41) is 2.87. The molecule has 2 aromatic rings. The number of carbonyl (C=O) groups excluding carboxylic acids is 1. The van der Waals surface area contributed by atoms with Crippen LogP contribution in [-0.2, 0) is 6.54 Å². The molecule has 0 fully saturated rings. The Morgan fingerprint density at radius 3 is 2.47 bits per heavy atom. The average molecular weight is 223 g/mol. The lowest BCUT2D eigenvalue weighted by atomic mass is 9.96. The van der Waals surface area contributed by atoms with Crippen LogP contribution in [0.15, 0.2) is 42.5 Å². The van der Waals surface area contributed by atoms with E-state index in [0.717, 1.165) is 16.7 Å². The number of carbonyl (C=O) groups is 1. The van der Waals surface area contributed by atoms with E-state index in [1.54, 1.807) is 0 Å². The minimum Gasteiger partial charge on any atom is -0.348 e. The third kappa shape index (κ3) is 1.62. The molecule has 84 valence electrons. The normalized spacial score (nSPS) is 13.4. The summed E-state index contributed by atoms with van der Waals surface area (Å²) in [6, 6.07) is 14.3. The molecule has 0 unspecified atom stereocenters. The first-order chi connectivity index (χ1) is 8.25. The lowest BCUT2D eigenvalue weighted by Crippen LogP contribution is -2.12. The second-order valence-corrected chi connectivity index (χ2v) is 4.38. The van der Waals surface area contributed by atoms with E-state index in [2.05, 4.69) is 42.6 Å². The van der Waals surface area contributed by atoms with Crippen LogP contribution < -0.4 is 5.32 Å². The molecule has 1 N–H and O–H groups in total. The molecule has 1 aliphatic rings. The van der Waals surface area contributed by atoms with Gasteiger partial charge in [0.1, 0.15) is 0 Å². The van der Waals surface area contributed by atoms with E-state index >= 15 is 0 Å². The molecular formula is C15H13NO. The Balaban J connectivity index is 2.16. The standard InChI is InChI=1S/C15H13NO/c1-10-5-7-11(8-6-10)12-3-2-4-13-14(12)9-16-15(13)17/h2-8H,9H2,1H3,(H,16,17). The highest BCUT2D eigenvalue weighted by Gasteiger charge is 2.21. The average Bonchev–Trinajstić information content (AvgIpc) is 2.73. The molecule has 0 aliphatic carbocycles. The topological polar surface area (TPSA) is 29.1 Å². The van der Waals surface area contributed by atoms with Gasteiger partial charge in [0.05, 0.1) is 0 Å². The molecule has 0 bridgehead atoms. The first kappa shape index (κ1) is 10.1. The van der Waals surface area contributed by atoms with E-state index in [1.807, 2.05) is 12.1 Å². The summed E-state index contributed by atoms with van der Waals surface area (Å²) in [6.07, 6.45) is 0. The van der Waals surface area contributed by atoms with Gasteiger partial charge >= 0.3 is 0 Å². The van der Waals surface area contributed by atoms with Gasteiger partial charge in [-0.25, -0.2) is 0 Å². The molecule has 0 aromatic heterocycles. The van der Waals surface area contributed by atoms with Crippen molar-refractivity contribution in [3.05, 3.63) is 59.2 Å². The number of rotatable bonds is 1. The Bertz CT molecular complexity index is 584. The zero-order valence-electron chi connectivity index (χ0n) is 9.66. The van der Waals surface area contributed by atoms with E-state index in [9.17, 15) is 4.79 Å². The van der Waals surface area contributed by atoms with Crippen molar-refractivity contribution in [2.75, 3.05) is 0 Å². The highest BCUT2D eigenvalue weighted by molar-refractivity contribution is 6.00. The highest BCUT2D eigenvalue weighted by atomic mass is 16.1. The molecule has 0 saturated heterocycles. The molecule has 0 saturated carbocycles. The SMILES string of the molecule is Cc1ccc(-c2cccc3c2CNC3=O)cc1. The third-order valence-corrected chi connectivity index (χ3v) is 3.21. The molecule has 0 spiro atoms. The fourth-order valence-corrected chi connectivity index (χ4v) is 2.26. The van der Waals surface area contributed by atoms with E-state index in [-0.39, 0.29) is 5.91 Å².